The van der Waals surface area contributed by atoms with Crippen molar-refractivity contribution in [2.24, 2.45) is 0 Å². The van der Waals surface area contributed by atoms with Crippen molar-refractivity contribution in [3.05, 3.63) is 29.3 Å². The summed E-state index contributed by atoms with van der Waals surface area (Å²) in [4.78, 5) is 0.0122. The fourth-order valence-electron chi connectivity index (χ4n) is 1.87. The van der Waals surface area contributed by atoms with E-state index in [-0.39, 0.29) is 4.90 Å². The van der Waals surface area contributed by atoms with Crippen LogP contribution in [0.3, 0.4) is 0 Å². The van der Waals surface area contributed by atoms with Crippen LogP contribution >= 0.6 is 0 Å². The monoisotopic (exact) mass is 212 g/mol. The number of rotatable bonds is 1. The number of hydrogen-bond donors (Lipinski definition) is 1. The Kier molecular flexibility index (Phi) is 2.33. The number of benzene rings is 1. The molecule has 0 heterocycles. The van der Waals surface area contributed by atoms with Gasteiger partial charge in [0.2, 0.25) is 0 Å². The average Bonchev–Trinajstić information content (AvgIpc) is 2.16. The molecule has 0 saturated carbocycles. The van der Waals surface area contributed by atoms with Gasteiger partial charge in [-0.05, 0) is 48.9 Å². The summed E-state index contributed by atoms with van der Waals surface area (Å²) in [6.45, 7) is 0. The number of aryl methyl sites for hydroxylation is 2. The predicted molar refractivity (Wildman–Crippen MR) is 52.9 cm³/mol. The van der Waals surface area contributed by atoms with E-state index in [4.69, 9.17) is 4.55 Å². The first kappa shape index (κ1) is 9.68. The lowest BCUT2D eigenvalue weighted by molar-refractivity contribution is 0.483. The van der Waals surface area contributed by atoms with E-state index in [1.165, 1.54) is 11.6 Å². The van der Waals surface area contributed by atoms with Crippen LogP contribution in [-0.2, 0) is 23.0 Å². The van der Waals surface area contributed by atoms with E-state index in [1.807, 2.05) is 0 Å². The van der Waals surface area contributed by atoms with Gasteiger partial charge >= 0.3 is 0 Å². The first-order valence-electron chi connectivity index (χ1n) is 4.67. The van der Waals surface area contributed by atoms with Gasteiger partial charge in [0.05, 0.1) is 4.90 Å². The van der Waals surface area contributed by atoms with Crippen LogP contribution in [-0.4, -0.2) is 13.0 Å². The van der Waals surface area contributed by atoms with Gasteiger partial charge in [-0.3, -0.25) is 4.55 Å². The van der Waals surface area contributed by atoms with Crippen LogP contribution in [0.4, 0.5) is 0 Å². The van der Waals surface area contributed by atoms with E-state index < -0.39 is 10.1 Å². The van der Waals surface area contributed by atoms with Crippen molar-refractivity contribution in [3.8, 4) is 0 Å². The van der Waals surface area contributed by atoms with Crippen molar-refractivity contribution in [1.29, 1.82) is 0 Å². The Morgan fingerprint density at radius 1 is 1.07 bits per heavy atom. The van der Waals surface area contributed by atoms with Gasteiger partial charge in [-0.2, -0.15) is 8.42 Å². The van der Waals surface area contributed by atoms with Crippen LogP contribution < -0.4 is 0 Å². The zero-order valence-electron chi connectivity index (χ0n) is 7.73. The third-order valence-electron chi connectivity index (χ3n) is 2.62. The number of fused-ring (bicyclic) bond motifs is 1. The molecule has 1 N–H and O–H groups in total. The smallest absolute Gasteiger partial charge is 0.282 e. The van der Waals surface area contributed by atoms with E-state index >= 15 is 0 Å². The lowest BCUT2D eigenvalue weighted by atomic mass is 9.92. The Morgan fingerprint density at radius 3 is 2.36 bits per heavy atom. The Balaban J connectivity index is 2.49. The molecule has 0 aromatic heterocycles. The lowest BCUT2D eigenvalue weighted by Gasteiger charge is -2.15. The zero-order valence-corrected chi connectivity index (χ0v) is 8.55. The fraction of sp³-hybridized carbons (Fsp3) is 0.400. The molecule has 0 spiro atoms. The summed E-state index contributed by atoms with van der Waals surface area (Å²) in [5, 5.41) is 0. The van der Waals surface area contributed by atoms with Gasteiger partial charge in [0.1, 0.15) is 0 Å². The Labute approximate surface area is 83.5 Å². The van der Waals surface area contributed by atoms with E-state index in [0.717, 1.165) is 31.2 Å². The van der Waals surface area contributed by atoms with E-state index in [2.05, 4.69) is 0 Å². The highest BCUT2D eigenvalue weighted by Crippen LogP contribution is 2.23. The summed E-state index contributed by atoms with van der Waals surface area (Å²) in [5.41, 5.74) is 2.27. The Morgan fingerprint density at radius 2 is 1.71 bits per heavy atom. The van der Waals surface area contributed by atoms with E-state index in [9.17, 15) is 8.42 Å². The van der Waals surface area contributed by atoms with Crippen molar-refractivity contribution >= 4 is 10.1 Å². The molecule has 0 bridgehead atoms. The summed E-state index contributed by atoms with van der Waals surface area (Å²) in [6.07, 6.45) is 4.19. The van der Waals surface area contributed by atoms with Crippen molar-refractivity contribution in [3.63, 3.8) is 0 Å². The van der Waals surface area contributed by atoms with Gasteiger partial charge in [-0.15, -0.1) is 0 Å². The maximum absolute atomic E-state index is 10.9. The molecule has 0 radical (unpaired) electrons. The second-order valence-electron chi connectivity index (χ2n) is 3.61. The van der Waals surface area contributed by atoms with Crippen LogP contribution in [0.15, 0.2) is 23.1 Å². The first-order valence-corrected chi connectivity index (χ1v) is 6.11. The molecule has 14 heavy (non-hydrogen) atoms. The molecular weight excluding hydrogens is 200 g/mol. The summed E-state index contributed by atoms with van der Waals surface area (Å²) in [5.74, 6) is 0. The summed E-state index contributed by atoms with van der Waals surface area (Å²) in [6, 6.07) is 4.86. The maximum Gasteiger partial charge on any atom is 0.294 e. The van der Waals surface area contributed by atoms with Crippen LogP contribution in [0, 0.1) is 0 Å². The molecule has 1 aliphatic rings. The van der Waals surface area contributed by atoms with Gasteiger partial charge in [0.25, 0.3) is 10.1 Å². The minimum absolute atomic E-state index is 0.0122. The second kappa shape index (κ2) is 3.37. The molecule has 0 atom stereocenters. The fourth-order valence-corrected chi connectivity index (χ4v) is 2.40. The predicted octanol–water partition coefficient (Wildman–Crippen LogP) is 1.81. The molecular formula is C10H12O3S. The van der Waals surface area contributed by atoms with Crippen molar-refractivity contribution < 1.29 is 13.0 Å². The summed E-state index contributed by atoms with van der Waals surface area (Å²) < 4.78 is 30.6. The maximum atomic E-state index is 10.9. The minimum Gasteiger partial charge on any atom is -0.282 e. The molecule has 0 amide bonds. The minimum atomic E-state index is -4.04. The molecule has 0 unspecified atom stereocenters. The topological polar surface area (TPSA) is 54.4 Å². The van der Waals surface area contributed by atoms with Gasteiger partial charge < -0.3 is 0 Å². The molecule has 0 saturated heterocycles. The average molecular weight is 212 g/mol. The highest BCUT2D eigenvalue weighted by molar-refractivity contribution is 7.85. The highest BCUT2D eigenvalue weighted by Gasteiger charge is 2.14. The summed E-state index contributed by atoms with van der Waals surface area (Å²) in [7, 11) is -4.04. The molecule has 1 aromatic rings. The van der Waals surface area contributed by atoms with Crippen LogP contribution in [0.25, 0.3) is 0 Å². The zero-order chi connectivity index (χ0) is 10.2. The van der Waals surface area contributed by atoms with Crippen LogP contribution in [0.5, 0.6) is 0 Å². The van der Waals surface area contributed by atoms with Crippen molar-refractivity contribution in [1.82, 2.24) is 0 Å². The third kappa shape index (κ3) is 1.81. The molecule has 1 aliphatic carbocycles. The third-order valence-corrected chi connectivity index (χ3v) is 3.47. The molecule has 0 fully saturated rings. The molecule has 3 nitrogen and oxygen atoms in total. The molecule has 2 rings (SSSR count). The summed E-state index contributed by atoms with van der Waals surface area (Å²) >= 11 is 0. The SMILES string of the molecule is O=S(=O)(O)c1ccc2c(c1)CCCC2. The Bertz CT molecular complexity index is 448. The van der Waals surface area contributed by atoms with Gasteiger partial charge in [-0.1, -0.05) is 6.07 Å². The van der Waals surface area contributed by atoms with Crippen molar-refractivity contribution in [2.45, 2.75) is 30.6 Å². The molecule has 0 aliphatic heterocycles. The highest BCUT2D eigenvalue weighted by atomic mass is 32.2. The number of hydrogen-bond acceptors (Lipinski definition) is 2. The Hall–Kier alpha value is -0.870. The van der Waals surface area contributed by atoms with Gasteiger partial charge in [-0.25, -0.2) is 0 Å². The van der Waals surface area contributed by atoms with E-state index in [0.29, 0.717) is 0 Å². The van der Waals surface area contributed by atoms with Gasteiger partial charge in [0.15, 0.2) is 0 Å². The second-order valence-corrected chi connectivity index (χ2v) is 5.03. The standard InChI is InChI=1S/C10H12O3S/c11-14(12,13)10-6-5-8-3-1-2-4-9(8)7-10/h5-7H,1-4H2,(H,11,12,13). The quantitative estimate of drug-likeness (QED) is 0.722. The molecule has 76 valence electrons. The lowest BCUT2D eigenvalue weighted by Crippen LogP contribution is -2.05. The normalized spacial score (nSPS) is 16.4. The first-order chi connectivity index (χ1) is 6.57. The van der Waals surface area contributed by atoms with Crippen LogP contribution in [0.2, 0.25) is 0 Å². The van der Waals surface area contributed by atoms with Gasteiger partial charge in [0, 0.05) is 0 Å². The van der Waals surface area contributed by atoms with E-state index in [1.54, 1.807) is 12.1 Å². The van der Waals surface area contributed by atoms with Crippen molar-refractivity contribution in [2.75, 3.05) is 0 Å². The molecule has 1 aromatic carbocycles. The van der Waals surface area contributed by atoms with Crippen LogP contribution in [0.1, 0.15) is 24.0 Å². The molecule has 4 heteroatoms. The largest absolute Gasteiger partial charge is 0.294 e.